The van der Waals surface area contributed by atoms with Gasteiger partial charge < -0.3 is 5.11 Å². The highest BCUT2D eigenvalue weighted by molar-refractivity contribution is 5.26. The molecule has 1 aliphatic rings. The molecule has 20 heavy (non-hydrogen) atoms. The topological polar surface area (TPSA) is 20.2 Å². The van der Waals surface area contributed by atoms with Gasteiger partial charge in [-0.05, 0) is 12.3 Å². The standard InChI is InChI=1S/C14H15F5O/c15-10-9(11(16)13(18)14(19)12(10)17)8(20)6-7-4-2-1-3-5-7/h7-8,20H,1-6H2. The van der Waals surface area contributed by atoms with E-state index in [4.69, 9.17) is 0 Å². The molecule has 0 radical (unpaired) electrons. The van der Waals surface area contributed by atoms with E-state index in [1.807, 2.05) is 0 Å². The molecular weight excluding hydrogens is 279 g/mol. The first kappa shape index (κ1) is 15.2. The van der Waals surface area contributed by atoms with Crippen LogP contribution >= 0.6 is 0 Å². The third kappa shape index (κ3) is 2.80. The van der Waals surface area contributed by atoms with Crippen molar-refractivity contribution < 1.29 is 27.1 Å². The van der Waals surface area contributed by atoms with E-state index in [1.54, 1.807) is 0 Å². The van der Waals surface area contributed by atoms with Crippen molar-refractivity contribution in [2.75, 3.05) is 0 Å². The number of benzene rings is 1. The van der Waals surface area contributed by atoms with Crippen molar-refractivity contribution >= 4 is 0 Å². The van der Waals surface area contributed by atoms with E-state index in [0.717, 1.165) is 32.1 Å². The Morgan fingerprint density at radius 1 is 0.800 bits per heavy atom. The number of hydrogen-bond donors (Lipinski definition) is 1. The number of rotatable bonds is 3. The van der Waals surface area contributed by atoms with Gasteiger partial charge in [-0.3, -0.25) is 0 Å². The Balaban J connectivity index is 2.27. The monoisotopic (exact) mass is 294 g/mol. The fraction of sp³-hybridized carbons (Fsp3) is 0.571. The summed E-state index contributed by atoms with van der Waals surface area (Å²) in [7, 11) is 0. The zero-order chi connectivity index (χ0) is 14.9. The van der Waals surface area contributed by atoms with E-state index in [1.165, 1.54) is 0 Å². The van der Waals surface area contributed by atoms with Crippen molar-refractivity contribution in [3.8, 4) is 0 Å². The first-order valence-electron chi connectivity index (χ1n) is 6.62. The van der Waals surface area contributed by atoms with Crippen LogP contribution in [0.15, 0.2) is 0 Å². The summed E-state index contributed by atoms with van der Waals surface area (Å²) in [5.41, 5.74) is -1.12. The predicted molar refractivity (Wildman–Crippen MR) is 62.4 cm³/mol. The van der Waals surface area contributed by atoms with Gasteiger partial charge in [0.15, 0.2) is 23.3 Å². The molecule has 1 aromatic rings. The van der Waals surface area contributed by atoms with Gasteiger partial charge >= 0.3 is 0 Å². The van der Waals surface area contributed by atoms with Gasteiger partial charge in [0, 0.05) is 0 Å². The number of halogens is 5. The summed E-state index contributed by atoms with van der Waals surface area (Å²) in [6, 6.07) is 0. The van der Waals surface area contributed by atoms with Crippen LogP contribution in [0.5, 0.6) is 0 Å². The SMILES string of the molecule is OC(CC1CCCCC1)c1c(F)c(F)c(F)c(F)c1F. The molecule has 1 N–H and O–H groups in total. The summed E-state index contributed by atoms with van der Waals surface area (Å²) in [6.07, 6.45) is 2.90. The molecule has 0 amide bonds. The highest BCUT2D eigenvalue weighted by Crippen LogP contribution is 2.35. The zero-order valence-corrected chi connectivity index (χ0v) is 10.7. The van der Waals surface area contributed by atoms with E-state index in [9.17, 15) is 27.1 Å². The lowest BCUT2D eigenvalue weighted by Gasteiger charge is -2.24. The first-order valence-corrected chi connectivity index (χ1v) is 6.62. The highest BCUT2D eigenvalue weighted by atomic mass is 19.2. The molecule has 0 heterocycles. The summed E-state index contributed by atoms with van der Waals surface area (Å²) in [6.45, 7) is 0. The molecule has 1 atom stereocenters. The van der Waals surface area contributed by atoms with Crippen LogP contribution in [0, 0.1) is 35.0 Å². The second kappa shape index (κ2) is 6.08. The quantitative estimate of drug-likeness (QED) is 0.498. The molecule has 1 saturated carbocycles. The molecule has 0 aliphatic heterocycles. The number of aliphatic hydroxyl groups excluding tert-OH is 1. The van der Waals surface area contributed by atoms with Crippen LogP contribution in [-0.4, -0.2) is 5.11 Å². The molecule has 0 spiro atoms. The number of hydrogen-bond acceptors (Lipinski definition) is 1. The Labute approximate surface area is 113 Å². The average molecular weight is 294 g/mol. The van der Waals surface area contributed by atoms with Gasteiger partial charge in [0.05, 0.1) is 11.7 Å². The minimum Gasteiger partial charge on any atom is -0.388 e. The van der Waals surface area contributed by atoms with Crippen molar-refractivity contribution in [1.29, 1.82) is 0 Å². The Kier molecular flexibility index (Phi) is 4.62. The van der Waals surface area contributed by atoms with Gasteiger partial charge in [0.1, 0.15) is 0 Å². The molecule has 1 aromatic carbocycles. The Bertz CT molecular complexity index is 468. The van der Waals surface area contributed by atoms with E-state index in [0.29, 0.717) is 0 Å². The maximum absolute atomic E-state index is 13.5. The lowest BCUT2D eigenvalue weighted by Crippen LogP contribution is -2.16. The smallest absolute Gasteiger partial charge is 0.200 e. The molecule has 1 unspecified atom stereocenters. The molecule has 2 rings (SSSR count). The van der Waals surface area contributed by atoms with Gasteiger partial charge in [-0.2, -0.15) is 0 Å². The molecule has 0 saturated heterocycles. The Hall–Kier alpha value is -1.17. The Morgan fingerprint density at radius 2 is 1.25 bits per heavy atom. The third-order valence-corrected chi connectivity index (χ3v) is 3.86. The summed E-state index contributed by atoms with van der Waals surface area (Å²) >= 11 is 0. The summed E-state index contributed by atoms with van der Waals surface area (Å²) in [5.74, 6) is -10.1. The zero-order valence-electron chi connectivity index (χ0n) is 10.7. The fourth-order valence-corrected chi connectivity index (χ4v) is 2.77. The van der Waals surface area contributed by atoms with Gasteiger partial charge in [0.25, 0.3) is 0 Å². The minimum absolute atomic E-state index is 0.0123. The van der Waals surface area contributed by atoms with Gasteiger partial charge in [0.2, 0.25) is 5.82 Å². The van der Waals surface area contributed by atoms with Crippen LogP contribution in [0.1, 0.15) is 50.2 Å². The second-order valence-electron chi connectivity index (χ2n) is 5.24. The predicted octanol–water partition coefficient (Wildman–Crippen LogP) is 4.39. The normalized spacial score (nSPS) is 18.3. The maximum Gasteiger partial charge on any atom is 0.200 e. The van der Waals surface area contributed by atoms with Gasteiger partial charge in [-0.25, -0.2) is 22.0 Å². The summed E-state index contributed by atoms with van der Waals surface area (Å²) in [5, 5.41) is 9.84. The van der Waals surface area contributed by atoms with Crippen molar-refractivity contribution in [3.63, 3.8) is 0 Å². The molecule has 1 nitrogen and oxygen atoms in total. The first-order chi connectivity index (χ1) is 9.43. The maximum atomic E-state index is 13.5. The van der Waals surface area contributed by atoms with Crippen molar-refractivity contribution in [2.24, 2.45) is 5.92 Å². The summed E-state index contributed by atoms with van der Waals surface area (Å²) < 4.78 is 66.1. The van der Waals surface area contributed by atoms with Crippen LogP contribution < -0.4 is 0 Å². The molecule has 1 aliphatic carbocycles. The van der Waals surface area contributed by atoms with Gasteiger partial charge in [-0.15, -0.1) is 0 Å². The van der Waals surface area contributed by atoms with Crippen LogP contribution in [-0.2, 0) is 0 Å². The Morgan fingerprint density at radius 3 is 1.75 bits per heavy atom. The van der Waals surface area contributed by atoms with Crippen LogP contribution in [0.2, 0.25) is 0 Å². The molecule has 1 fully saturated rings. The largest absolute Gasteiger partial charge is 0.388 e. The van der Waals surface area contributed by atoms with Crippen molar-refractivity contribution in [3.05, 3.63) is 34.6 Å². The lowest BCUT2D eigenvalue weighted by molar-refractivity contribution is 0.121. The molecule has 6 heteroatoms. The van der Waals surface area contributed by atoms with Crippen molar-refractivity contribution in [2.45, 2.75) is 44.6 Å². The average Bonchev–Trinajstić information content (AvgIpc) is 2.44. The fourth-order valence-electron chi connectivity index (χ4n) is 2.77. The van der Waals surface area contributed by atoms with Crippen LogP contribution in [0.4, 0.5) is 22.0 Å². The molecule has 0 bridgehead atoms. The van der Waals surface area contributed by atoms with Crippen LogP contribution in [0.3, 0.4) is 0 Å². The van der Waals surface area contributed by atoms with Crippen LogP contribution in [0.25, 0.3) is 0 Å². The minimum atomic E-state index is -2.20. The molecule has 112 valence electrons. The summed E-state index contributed by atoms with van der Waals surface area (Å²) in [4.78, 5) is 0. The second-order valence-corrected chi connectivity index (χ2v) is 5.24. The highest BCUT2D eigenvalue weighted by Gasteiger charge is 2.30. The molecule has 0 aromatic heterocycles. The third-order valence-electron chi connectivity index (χ3n) is 3.86. The van der Waals surface area contributed by atoms with E-state index in [2.05, 4.69) is 0 Å². The van der Waals surface area contributed by atoms with Gasteiger partial charge in [-0.1, -0.05) is 32.1 Å². The van der Waals surface area contributed by atoms with E-state index in [-0.39, 0.29) is 12.3 Å². The van der Waals surface area contributed by atoms with E-state index >= 15 is 0 Å². The van der Waals surface area contributed by atoms with E-state index < -0.39 is 40.8 Å². The van der Waals surface area contributed by atoms with Crippen molar-refractivity contribution in [1.82, 2.24) is 0 Å². The number of aliphatic hydroxyl groups is 1. The molecular formula is C14H15F5O. The lowest BCUT2D eigenvalue weighted by atomic mass is 9.84.